The van der Waals surface area contributed by atoms with Gasteiger partial charge in [-0.15, -0.1) is 0 Å². The highest BCUT2D eigenvalue weighted by atomic mass is 16.6. The molecular weight excluding hydrogens is 344 g/mol. The van der Waals surface area contributed by atoms with Gasteiger partial charge < -0.3 is 24.8 Å². The van der Waals surface area contributed by atoms with E-state index in [1.807, 2.05) is 39.0 Å². The van der Waals surface area contributed by atoms with E-state index in [0.29, 0.717) is 12.6 Å². The van der Waals surface area contributed by atoms with Crippen LogP contribution < -0.4 is 15.4 Å². The van der Waals surface area contributed by atoms with Crippen LogP contribution in [-0.2, 0) is 9.47 Å². The molecule has 1 aromatic carbocycles. The number of carbonyl (C=O) groups is 1. The molecule has 0 bridgehead atoms. The Morgan fingerprint density at radius 3 is 2.44 bits per heavy atom. The van der Waals surface area contributed by atoms with Crippen molar-refractivity contribution in [2.24, 2.45) is 0 Å². The van der Waals surface area contributed by atoms with Gasteiger partial charge in [-0.25, -0.2) is 4.79 Å². The van der Waals surface area contributed by atoms with E-state index in [9.17, 15) is 4.79 Å². The first kappa shape index (κ1) is 19.8. The highest BCUT2D eigenvalue weighted by Gasteiger charge is 2.25. The number of amides is 1. The molecule has 1 heterocycles. The van der Waals surface area contributed by atoms with Gasteiger partial charge in [0.25, 0.3) is 0 Å². The molecular formula is C21H32N2O4. The van der Waals surface area contributed by atoms with Gasteiger partial charge in [0, 0.05) is 18.5 Å². The number of anilines is 1. The largest absolute Gasteiger partial charge is 0.486 e. The summed E-state index contributed by atoms with van der Waals surface area (Å²) in [6.45, 7) is 7.07. The summed E-state index contributed by atoms with van der Waals surface area (Å²) in [6, 6.07) is 8.66. The number of hydrogen-bond donors (Lipinski definition) is 2. The third-order valence-electron chi connectivity index (χ3n) is 4.88. The molecule has 0 radical (unpaired) electrons. The Kier molecular flexibility index (Phi) is 6.47. The Bertz CT molecular complexity index is 615. The van der Waals surface area contributed by atoms with E-state index >= 15 is 0 Å². The van der Waals surface area contributed by atoms with E-state index < -0.39 is 5.60 Å². The summed E-state index contributed by atoms with van der Waals surface area (Å²) in [5.41, 5.74) is 0.574. The fourth-order valence-corrected chi connectivity index (χ4v) is 3.55. The van der Waals surface area contributed by atoms with Crippen LogP contribution in [0.2, 0.25) is 0 Å². The predicted molar refractivity (Wildman–Crippen MR) is 105 cm³/mol. The molecule has 1 aromatic rings. The van der Waals surface area contributed by atoms with E-state index in [4.69, 9.17) is 14.2 Å². The SMILES string of the molecule is CC(C)(C)OC(=O)NC1CCC(Nc2ccccc2O[C@@H]2CCOC2)CC1. The topological polar surface area (TPSA) is 68.8 Å². The van der Waals surface area contributed by atoms with E-state index in [-0.39, 0.29) is 18.2 Å². The lowest BCUT2D eigenvalue weighted by Crippen LogP contribution is -2.42. The van der Waals surface area contributed by atoms with Crippen LogP contribution in [0, 0.1) is 0 Å². The minimum absolute atomic E-state index is 0.140. The Morgan fingerprint density at radius 1 is 1.07 bits per heavy atom. The molecule has 1 saturated carbocycles. The second-order valence-corrected chi connectivity index (χ2v) is 8.44. The zero-order valence-corrected chi connectivity index (χ0v) is 16.6. The molecule has 2 aliphatic rings. The third kappa shape index (κ3) is 6.31. The van der Waals surface area contributed by atoms with Crippen molar-refractivity contribution in [1.29, 1.82) is 0 Å². The molecule has 0 aromatic heterocycles. The summed E-state index contributed by atoms with van der Waals surface area (Å²) in [5, 5.41) is 6.62. The summed E-state index contributed by atoms with van der Waals surface area (Å²) in [6.07, 6.45) is 4.64. The smallest absolute Gasteiger partial charge is 0.407 e. The number of carbonyl (C=O) groups excluding carboxylic acids is 1. The minimum atomic E-state index is -0.461. The van der Waals surface area contributed by atoms with Crippen molar-refractivity contribution in [3.63, 3.8) is 0 Å². The normalized spacial score (nSPS) is 25.7. The van der Waals surface area contributed by atoms with Crippen LogP contribution in [0.25, 0.3) is 0 Å². The van der Waals surface area contributed by atoms with Crippen molar-refractivity contribution < 1.29 is 19.0 Å². The van der Waals surface area contributed by atoms with Gasteiger partial charge in [0.15, 0.2) is 0 Å². The maximum absolute atomic E-state index is 11.9. The van der Waals surface area contributed by atoms with E-state index in [0.717, 1.165) is 50.1 Å². The maximum Gasteiger partial charge on any atom is 0.407 e. The quantitative estimate of drug-likeness (QED) is 0.810. The summed E-state index contributed by atoms with van der Waals surface area (Å²) in [4.78, 5) is 11.9. The molecule has 27 heavy (non-hydrogen) atoms. The fraction of sp³-hybridized carbons (Fsp3) is 0.667. The average molecular weight is 376 g/mol. The summed E-state index contributed by atoms with van der Waals surface area (Å²) in [5.74, 6) is 0.891. The number of rotatable bonds is 5. The van der Waals surface area contributed by atoms with Crippen LogP contribution in [0.5, 0.6) is 5.75 Å². The molecule has 2 N–H and O–H groups in total. The Hall–Kier alpha value is -1.95. The minimum Gasteiger partial charge on any atom is -0.486 e. The van der Waals surface area contributed by atoms with Crippen LogP contribution in [0.15, 0.2) is 24.3 Å². The second-order valence-electron chi connectivity index (χ2n) is 8.44. The molecule has 1 aliphatic carbocycles. The van der Waals surface area contributed by atoms with E-state index in [2.05, 4.69) is 16.7 Å². The van der Waals surface area contributed by atoms with Crippen LogP contribution in [0.3, 0.4) is 0 Å². The van der Waals surface area contributed by atoms with Crippen molar-refractivity contribution in [3.8, 4) is 5.75 Å². The van der Waals surface area contributed by atoms with Gasteiger partial charge in [-0.3, -0.25) is 0 Å². The Labute approximate surface area is 161 Å². The van der Waals surface area contributed by atoms with Gasteiger partial charge in [-0.1, -0.05) is 12.1 Å². The van der Waals surface area contributed by atoms with Gasteiger partial charge in [-0.2, -0.15) is 0 Å². The van der Waals surface area contributed by atoms with Crippen LogP contribution in [-0.4, -0.2) is 43.1 Å². The molecule has 1 saturated heterocycles. The molecule has 1 amide bonds. The fourth-order valence-electron chi connectivity index (χ4n) is 3.55. The monoisotopic (exact) mass is 376 g/mol. The van der Waals surface area contributed by atoms with Gasteiger partial charge in [0.2, 0.25) is 0 Å². The van der Waals surface area contributed by atoms with Crippen LogP contribution >= 0.6 is 0 Å². The zero-order valence-electron chi connectivity index (χ0n) is 16.6. The lowest BCUT2D eigenvalue weighted by molar-refractivity contribution is 0.0492. The first-order chi connectivity index (χ1) is 12.9. The van der Waals surface area contributed by atoms with Gasteiger partial charge >= 0.3 is 6.09 Å². The maximum atomic E-state index is 11.9. The van der Waals surface area contributed by atoms with Crippen molar-refractivity contribution in [2.75, 3.05) is 18.5 Å². The summed E-state index contributed by atoms with van der Waals surface area (Å²) < 4.78 is 16.9. The van der Waals surface area contributed by atoms with Gasteiger partial charge in [0.05, 0.1) is 18.9 Å². The van der Waals surface area contributed by atoms with E-state index in [1.165, 1.54) is 0 Å². The molecule has 1 aliphatic heterocycles. The second kappa shape index (κ2) is 8.83. The van der Waals surface area contributed by atoms with Crippen LogP contribution in [0.4, 0.5) is 10.5 Å². The van der Waals surface area contributed by atoms with Gasteiger partial charge in [0.1, 0.15) is 17.5 Å². The first-order valence-corrected chi connectivity index (χ1v) is 9.98. The third-order valence-corrected chi connectivity index (χ3v) is 4.88. The average Bonchev–Trinajstić information content (AvgIpc) is 3.10. The number of hydrogen-bond acceptors (Lipinski definition) is 5. The van der Waals surface area contributed by atoms with Crippen LogP contribution in [0.1, 0.15) is 52.9 Å². The highest BCUT2D eigenvalue weighted by Crippen LogP contribution is 2.30. The zero-order chi connectivity index (χ0) is 19.3. The standard InChI is InChI=1S/C21H32N2O4/c1-21(2,3)27-20(24)23-16-10-8-15(9-11-16)22-18-6-4-5-7-19(18)26-17-12-13-25-14-17/h4-7,15-17,22H,8-14H2,1-3H3,(H,23,24)/t15?,16?,17-/m1/s1. The highest BCUT2D eigenvalue weighted by molar-refractivity contribution is 5.68. The number of ether oxygens (including phenoxy) is 3. The lowest BCUT2D eigenvalue weighted by Gasteiger charge is -2.31. The predicted octanol–water partition coefficient (Wildman–Crippen LogP) is 4.10. The van der Waals surface area contributed by atoms with Crippen molar-refractivity contribution in [3.05, 3.63) is 24.3 Å². The molecule has 150 valence electrons. The number of nitrogens with one attached hydrogen (secondary N) is 2. The van der Waals surface area contributed by atoms with Crippen molar-refractivity contribution in [1.82, 2.24) is 5.32 Å². The van der Waals surface area contributed by atoms with Crippen molar-refractivity contribution >= 4 is 11.8 Å². The van der Waals surface area contributed by atoms with Gasteiger partial charge in [-0.05, 0) is 58.6 Å². The Morgan fingerprint density at radius 2 is 1.78 bits per heavy atom. The molecule has 6 heteroatoms. The summed E-state index contributed by atoms with van der Waals surface area (Å²) >= 11 is 0. The molecule has 2 fully saturated rings. The number of para-hydroxylation sites is 2. The first-order valence-electron chi connectivity index (χ1n) is 9.98. The summed E-state index contributed by atoms with van der Waals surface area (Å²) in [7, 11) is 0. The number of alkyl carbamates (subject to hydrolysis) is 1. The molecule has 3 rings (SSSR count). The lowest BCUT2D eigenvalue weighted by atomic mass is 9.91. The molecule has 1 atom stereocenters. The molecule has 0 unspecified atom stereocenters. The number of benzene rings is 1. The van der Waals surface area contributed by atoms with Crippen molar-refractivity contribution in [2.45, 2.75) is 76.7 Å². The molecule has 6 nitrogen and oxygen atoms in total. The molecule has 0 spiro atoms. The Balaban J connectivity index is 1.47. The van der Waals surface area contributed by atoms with E-state index in [1.54, 1.807) is 0 Å².